The summed E-state index contributed by atoms with van der Waals surface area (Å²) >= 11 is 3.45. The Bertz CT molecular complexity index is 298. The van der Waals surface area contributed by atoms with Crippen molar-refractivity contribution in [3.63, 3.8) is 0 Å². The summed E-state index contributed by atoms with van der Waals surface area (Å²) in [5, 5.41) is 8.76. The molecule has 4 nitrogen and oxygen atoms in total. The van der Waals surface area contributed by atoms with Crippen LogP contribution in [-0.2, 0) is 6.54 Å². The van der Waals surface area contributed by atoms with E-state index in [1.54, 1.807) is 6.33 Å². The van der Waals surface area contributed by atoms with Gasteiger partial charge in [0.15, 0.2) is 0 Å². The van der Waals surface area contributed by atoms with Crippen LogP contribution in [0.25, 0.3) is 0 Å². The largest absolute Gasteiger partial charge is 0.310 e. The van der Waals surface area contributed by atoms with Crippen molar-refractivity contribution in [1.82, 2.24) is 20.1 Å². The Labute approximate surface area is 112 Å². The maximum Gasteiger partial charge on any atom is 0.141 e. The first kappa shape index (κ1) is 14.6. The van der Waals surface area contributed by atoms with Crippen LogP contribution >= 0.6 is 15.9 Å². The van der Waals surface area contributed by atoms with Crippen LogP contribution in [0.4, 0.5) is 0 Å². The van der Waals surface area contributed by atoms with Crippen molar-refractivity contribution >= 4 is 15.9 Å². The van der Waals surface area contributed by atoms with E-state index in [2.05, 4.69) is 45.2 Å². The van der Waals surface area contributed by atoms with Crippen LogP contribution in [0, 0.1) is 0 Å². The van der Waals surface area contributed by atoms with Gasteiger partial charge in [-0.3, -0.25) is 0 Å². The summed E-state index contributed by atoms with van der Waals surface area (Å²) in [5.41, 5.74) is 0. The molecular formula is C12H23BrN4. The number of hydrogen-bond acceptors (Lipinski definition) is 3. The molecule has 1 N–H and O–H groups in total. The number of aromatic nitrogens is 3. The molecular weight excluding hydrogens is 280 g/mol. The fourth-order valence-corrected chi connectivity index (χ4v) is 2.13. The molecule has 1 heterocycles. The lowest BCUT2D eigenvalue weighted by molar-refractivity contribution is 0.486. The first-order chi connectivity index (χ1) is 8.25. The highest BCUT2D eigenvalue weighted by Crippen LogP contribution is 2.05. The molecule has 0 aliphatic carbocycles. The second kappa shape index (κ2) is 8.64. The fourth-order valence-electron chi connectivity index (χ4n) is 1.73. The Morgan fingerprint density at radius 3 is 2.76 bits per heavy atom. The zero-order valence-electron chi connectivity index (χ0n) is 10.8. The average Bonchev–Trinajstić information content (AvgIpc) is 2.76. The van der Waals surface area contributed by atoms with Crippen LogP contribution in [0.15, 0.2) is 6.33 Å². The van der Waals surface area contributed by atoms with E-state index in [0.717, 1.165) is 24.2 Å². The highest BCUT2D eigenvalue weighted by molar-refractivity contribution is 9.09. The number of hydrogen-bond donors (Lipinski definition) is 1. The van der Waals surface area contributed by atoms with Crippen LogP contribution in [0.5, 0.6) is 0 Å². The molecule has 0 fully saturated rings. The standard InChI is InChI=1S/C12H23BrN4/c1-11(2)17-12(15-10-16-17)9-14-8-6-4-3-5-7-13/h10-11,14H,3-9H2,1-2H3. The lowest BCUT2D eigenvalue weighted by atomic mass is 10.2. The predicted molar refractivity (Wildman–Crippen MR) is 74.4 cm³/mol. The number of nitrogens with one attached hydrogen (secondary N) is 1. The molecule has 0 aliphatic rings. The molecule has 98 valence electrons. The zero-order valence-corrected chi connectivity index (χ0v) is 12.4. The Morgan fingerprint density at radius 2 is 2.06 bits per heavy atom. The van der Waals surface area contributed by atoms with Gasteiger partial charge in [0.1, 0.15) is 12.2 Å². The van der Waals surface area contributed by atoms with E-state index in [9.17, 15) is 0 Å². The molecule has 17 heavy (non-hydrogen) atoms. The van der Waals surface area contributed by atoms with E-state index in [1.165, 1.54) is 25.7 Å². The van der Waals surface area contributed by atoms with E-state index in [4.69, 9.17) is 0 Å². The van der Waals surface area contributed by atoms with Gasteiger partial charge in [0.05, 0.1) is 6.54 Å². The fraction of sp³-hybridized carbons (Fsp3) is 0.833. The SMILES string of the molecule is CC(C)n1ncnc1CNCCCCCCBr. The molecule has 0 saturated heterocycles. The van der Waals surface area contributed by atoms with Crippen LogP contribution in [0.2, 0.25) is 0 Å². The van der Waals surface area contributed by atoms with E-state index < -0.39 is 0 Å². The number of nitrogens with zero attached hydrogens (tertiary/aromatic N) is 3. The van der Waals surface area contributed by atoms with E-state index >= 15 is 0 Å². The third-order valence-electron chi connectivity index (χ3n) is 2.66. The molecule has 0 atom stereocenters. The molecule has 0 amide bonds. The maximum atomic E-state index is 4.27. The second-order valence-corrected chi connectivity index (χ2v) is 5.29. The highest BCUT2D eigenvalue weighted by Gasteiger charge is 2.06. The first-order valence-corrected chi connectivity index (χ1v) is 7.53. The monoisotopic (exact) mass is 302 g/mol. The summed E-state index contributed by atoms with van der Waals surface area (Å²) in [6.07, 6.45) is 6.77. The second-order valence-electron chi connectivity index (χ2n) is 4.49. The smallest absolute Gasteiger partial charge is 0.141 e. The van der Waals surface area contributed by atoms with Crippen molar-refractivity contribution < 1.29 is 0 Å². The summed E-state index contributed by atoms with van der Waals surface area (Å²) in [6.45, 7) is 6.13. The molecule has 0 radical (unpaired) electrons. The minimum Gasteiger partial charge on any atom is -0.310 e. The molecule has 0 saturated carbocycles. The van der Waals surface area contributed by atoms with E-state index in [-0.39, 0.29) is 0 Å². The number of halogens is 1. The molecule has 0 aliphatic heterocycles. The van der Waals surface area contributed by atoms with E-state index in [0.29, 0.717) is 6.04 Å². The lowest BCUT2D eigenvalue weighted by Crippen LogP contribution is -2.19. The van der Waals surface area contributed by atoms with Gasteiger partial charge >= 0.3 is 0 Å². The van der Waals surface area contributed by atoms with Crippen molar-refractivity contribution in [3.8, 4) is 0 Å². The van der Waals surface area contributed by atoms with Crippen molar-refractivity contribution in [2.24, 2.45) is 0 Å². The Kier molecular flexibility index (Phi) is 7.44. The van der Waals surface area contributed by atoms with Crippen LogP contribution in [-0.4, -0.2) is 26.6 Å². The molecule has 5 heteroatoms. The normalized spacial score (nSPS) is 11.3. The zero-order chi connectivity index (χ0) is 12.5. The van der Waals surface area contributed by atoms with Crippen molar-refractivity contribution in [2.75, 3.05) is 11.9 Å². The lowest BCUT2D eigenvalue weighted by Gasteiger charge is -2.09. The van der Waals surface area contributed by atoms with Crippen molar-refractivity contribution in [3.05, 3.63) is 12.2 Å². The molecule has 1 aromatic heterocycles. The number of rotatable bonds is 9. The molecule has 1 aromatic rings. The third-order valence-corrected chi connectivity index (χ3v) is 3.22. The Morgan fingerprint density at radius 1 is 1.29 bits per heavy atom. The molecule has 0 unspecified atom stereocenters. The van der Waals surface area contributed by atoms with E-state index in [1.807, 2.05) is 4.68 Å². The van der Waals surface area contributed by atoms with Crippen molar-refractivity contribution in [2.45, 2.75) is 52.1 Å². The molecule has 1 rings (SSSR count). The predicted octanol–water partition coefficient (Wildman–Crippen LogP) is 2.90. The van der Waals surface area contributed by atoms with Gasteiger partial charge in [0, 0.05) is 11.4 Å². The van der Waals surface area contributed by atoms with Gasteiger partial charge in [-0.25, -0.2) is 9.67 Å². The van der Waals surface area contributed by atoms with Gasteiger partial charge in [-0.15, -0.1) is 0 Å². The number of alkyl halides is 1. The number of unbranched alkanes of at least 4 members (excludes halogenated alkanes) is 3. The van der Waals surface area contributed by atoms with Crippen LogP contribution in [0.1, 0.15) is 51.4 Å². The summed E-state index contributed by atoms with van der Waals surface area (Å²) in [4.78, 5) is 4.27. The Balaban J connectivity index is 2.11. The van der Waals surface area contributed by atoms with Gasteiger partial charge in [0.2, 0.25) is 0 Å². The molecule has 0 aromatic carbocycles. The van der Waals surface area contributed by atoms with Crippen molar-refractivity contribution in [1.29, 1.82) is 0 Å². The van der Waals surface area contributed by atoms with Gasteiger partial charge in [0.25, 0.3) is 0 Å². The highest BCUT2D eigenvalue weighted by atomic mass is 79.9. The molecule has 0 bridgehead atoms. The van der Waals surface area contributed by atoms with Gasteiger partial charge in [-0.1, -0.05) is 28.8 Å². The minimum absolute atomic E-state index is 0.383. The summed E-state index contributed by atoms with van der Waals surface area (Å²) < 4.78 is 1.97. The summed E-state index contributed by atoms with van der Waals surface area (Å²) in [5.74, 6) is 1.03. The van der Waals surface area contributed by atoms with Crippen LogP contribution < -0.4 is 5.32 Å². The summed E-state index contributed by atoms with van der Waals surface area (Å²) in [7, 11) is 0. The quantitative estimate of drug-likeness (QED) is 0.563. The topological polar surface area (TPSA) is 42.7 Å². The first-order valence-electron chi connectivity index (χ1n) is 6.40. The minimum atomic E-state index is 0.383. The van der Waals surface area contributed by atoms with Gasteiger partial charge < -0.3 is 5.32 Å². The van der Waals surface area contributed by atoms with Gasteiger partial charge in [-0.2, -0.15) is 5.10 Å². The average molecular weight is 303 g/mol. The third kappa shape index (κ3) is 5.64. The summed E-state index contributed by atoms with van der Waals surface area (Å²) in [6, 6.07) is 0.383. The van der Waals surface area contributed by atoms with Gasteiger partial charge in [-0.05, 0) is 33.2 Å². The maximum absolute atomic E-state index is 4.27. The molecule has 0 spiro atoms. The van der Waals surface area contributed by atoms with Crippen LogP contribution in [0.3, 0.4) is 0 Å². The Hall–Kier alpha value is -0.420.